The minimum Gasteiger partial charge on any atom is -0.454 e. The number of halogens is 1. The molecule has 9 nitrogen and oxygen atoms in total. The second kappa shape index (κ2) is 10.2. The van der Waals surface area contributed by atoms with Crippen molar-refractivity contribution in [3.05, 3.63) is 46.9 Å². The second-order valence-electron chi connectivity index (χ2n) is 7.44. The summed E-state index contributed by atoms with van der Waals surface area (Å²) in [4.78, 5) is 25.5. The van der Waals surface area contributed by atoms with Gasteiger partial charge in [-0.05, 0) is 48.4 Å². The largest absolute Gasteiger partial charge is 0.454 e. The van der Waals surface area contributed by atoms with E-state index in [2.05, 4.69) is 42.1 Å². The maximum absolute atomic E-state index is 13.0. The molecule has 172 valence electrons. The van der Waals surface area contributed by atoms with E-state index in [-0.39, 0.29) is 18.6 Å². The Morgan fingerprint density at radius 3 is 2.61 bits per heavy atom. The molecular weight excluding hydrogens is 510 g/mol. The fourth-order valence-corrected chi connectivity index (χ4v) is 4.15. The van der Waals surface area contributed by atoms with Crippen LogP contribution in [0.4, 0.5) is 15.6 Å². The van der Waals surface area contributed by atoms with Crippen LogP contribution in [0.1, 0.15) is 20.3 Å². The van der Waals surface area contributed by atoms with Gasteiger partial charge in [0, 0.05) is 15.7 Å². The molecule has 11 heteroatoms. The summed E-state index contributed by atoms with van der Waals surface area (Å²) < 4.78 is 11.6. The lowest BCUT2D eigenvalue weighted by Gasteiger charge is -2.23. The van der Waals surface area contributed by atoms with E-state index in [1.165, 1.54) is 11.3 Å². The van der Waals surface area contributed by atoms with Crippen LogP contribution in [0, 0.1) is 5.92 Å². The number of hydrogen-bond acceptors (Lipinski definition) is 7. The Hall–Kier alpha value is -3.18. The van der Waals surface area contributed by atoms with Crippen LogP contribution >= 0.6 is 27.3 Å². The number of urea groups is 1. The van der Waals surface area contributed by atoms with Gasteiger partial charge in [-0.2, -0.15) is 0 Å². The molecule has 4 rings (SSSR count). The third kappa shape index (κ3) is 5.60. The molecule has 0 unspecified atom stereocenters. The molecule has 3 aromatic rings. The van der Waals surface area contributed by atoms with Crippen LogP contribution in [0.3, 0.4) is 0 Å². The van der Waals surface area contributed by atoms with Crippen molar-refractivity contribution in [2.45, 2.75) is 26.3 Å². The molecule has 1 aromatic heterocycles. The summed E-state index contributed by atoms with van der Waals surface area (Å²) in [6.07, 6.45) is 0.704. The molecule has 1 aliphatic rings. The summed E-state index contributed by atoms with van der Waals surface area (Å²) in [6.45, 7) is 4.06. The van der Waals surface area contributed by atoms with E-state index < -0.39 is 12.1 Å². The lowest BCUT2D eigenvalue weighted by Crippen LogP contribution is -2.49. The Bertz CT molecular complexity index is 1150. The molecule has 0 saturated heterocycles. The number of carbonyl (C=O) groups is 2. The summed E-state index contributed by atoms with van der Waals surface area (Å²) in [5, 5.41) is 17.5. The zero-order valence-electron chi connectivity index (χ0n) is 17.9. The number of benzene rings is 2. The molecule has 0 bridgehead atoms. The predicted octanol–water partition coefficient (Wildman–Crippen LogP) is 4.87. The van der Waals surface area contributed by atoms with E-state index in [0.29, 0.717) is 33.7 Å². The van der Waals surface area contributed by atoms with Crippen LogP contribution in [0.2, 0.25) is 0 Å². The Balaban J connectivity index is 1.42. The van der Waals surface area contributed by atoms with Crippen LogP contribution < -0.4 is 25.4 Å². The number of fused-ring (bicyclic) bond motifs is 1. The van der Waals surface area contributed by atoms with Crippen LogP contribution in [0.5, 0.6) is 11.5 Å². The minimum atomic E-state index is -0.747. The van der Waals surface area contributed by atoms with Crippen molar-refractivity contribution in [1.29, 1.82) is 0 Å². The number of hydrogen-bond donors (Lipinski definition) is 3. The fourth-order valence-electron chi connectivity index (χ4n) is 3.15. The zero-order chi connectivity index (χ0) is 23.4. The summed E-state index contributed by atoms with van der Waals surface area (Å²) in [7, 11) is 0. The topological polar surface area (TPSA) is 114 Å². The van der Waals surface area contributed by atoms with Crippen molar-refractivity contribution in [1.82, 2.24) is 15.5 Å². The molecule has 0 aliphatic carbocycles. The normalized spacial score (nSPS) is 13.8. The first-order valence-corrected chi connectivity index (χ1v) is 11.9. The number of amides is 3. The summed E-state index contributed by atoms with van der Waals surface area (Å²) in [5.74, 6) is 0.873. The molecular formula is C22H22BrN5O4S. The quantitative estimate of drug-likeness (QED) is 0.400. The SMILES string of the molecule is CC[C@H](C)[C@@H](NC(=O)Nc1ccc(Br)cc1)C(=O)Nc1nnc(-c2ccc3c(c2)OCO3)s1. The predicted molar refractivity (Wildman–Crippen MR) is 130 cm³/mol. The Morgan fingerprint density at radius 1 is 1.09 bits per heavy atom. The Morgan fingerprint density at radius 2 is 1.85 bits per heavy atom. The first kappa shape index (κ1) is 23.0. The number of anilines is 2. The third-order valence-electron chi connectivity index (χ3n) is 5.16. The molecule has 1 aliphatic heterocycles. The minimum absolute atomic E-state index is 0.0954. The van der Waals surface area contributed by atoms with Crippen molar-refractivity contribution in [2.75, 3.05) is 17.4 Å². The number of ether oxygens (including phenoxy) is 2. The van der Waals surface area contributed by atoms with E-state index in [4.69, 9.17) is 9.47 Å². The highest BCUT2D eigenvalue weighted by Gasteiger charge is 2.27. The molecule has 0 fully saturated rings. The molecule has 3 amide bonds. The molecule has 0 saturated carbocycles. The lowest BCUT2D eigenvalue weighted by molar-refractivity contribution is -0.119. The van der Waals surface area contributed by atoms with Crippen molar-refractivity contribution in [3.63, 3.8) is 0 Å². The number of aromatic nitrogens is 2. The van der Waals surface area contributed by atoms with Gasteiger partial charge in [-0.3, -0.25) is 10.1 Å². The highest BCUT2D eigenvalue weighted by atomic mass is 79.9. The van der Waals surface area contributed by atoms with Gasteiger partial charge in [0.2, 0.25) is 17.8 Å². The van der Waals surface area contributed by atoms with Gasteiger partial charge in [-0.15, -0.1) is 10.2 Å². The fraction of sp³-hybridized carbons (Fsp3) is 0.273. The first-order valence-electron chi connectivity index (χ1n) is 10.3. The van der Waals surface area contributed by atoms with Gasteiger partial charge in [-0.1, -0.05) is 47.5 Å². The van der Waals surface area contributed by atoms with Gasteiger partial charge in [0.15, 0.2) is 11.5 Å². The molecule has 2 heterocycles. The highest BCUT2D eigenvalue weighted by molar-refractivity contribution is 9.10. The van der Waals surface area contributed by atoms with Gasteiger partial charge in [-0.25, -0.2) is 4.79 Å². The van der Waals surface area contributed by atoms with E-state index in [9.17, 15) is 9.59 Å². The van der Waals surface area contributed by atoms with Crippen molar-refractivity contribution in [2.24, 2.45) is 5.92 Å². The summed E-state index contributed by atoms with van der Waals surface area (Å²) >= 11 is 4.59. The lowest BCUT2D eigenvalue weighted by atomic mass is 9.98. The van der Waals surface area contributed by atoms with Gasteiger partial charge >= 0.3 is 6.03 Å². The van der Waals surface area contributed by atoms with Crippen molar-refractivity contribution >= 4 is 50.0 Å². The van der Waals surface area contributed by atoms with E-state index in [1.807, 2.05) is 44.2 Å². The average Bonchev–Trinajstić information content (AvgIpc) is 3.47. The number of carbonyl (C=O) groups excluding carboxylic acids is 2. The van der Waals surface area contributed by atoms with Crippen molar-refractivity contribution < 1.29 is 19.1 Å². The first-order chi connectivity index (χ1) is 15.9. The number of nitrogens with one attached hydrogen (secondary N) is 3. The van der Waals surface area contributed by atoms with Crippen LogP contribution in [0.25, 0.3) is 10.6 Å². The maximum Gasteiger partial charge on any atom is 0.319 e. The number of nitrogens with zero attached hydrogens (tertiary/aromatic N) is 2. The molecule has 2 atom stereocenters. The van der Waals surface area contributed by atoms with Crippen molar-refractivity contribution in [3.8, 4) is 22.1 Å². The van der Waals surface area contributed by atoms with E-state index in [0.717, 1.165) is 10.0 Å². The summed E-state index contributed by atoms with van der Waals surface area (Å²) in [6, 6.07) is 11.5. The van der Waals surface area contributed by atoms with Crippen LogP contribution in [-0.4, -0.2) is 35.0 Å². The summed E-state index contributed by atoms with van der Waals surface area (Å²) in [5.41, 5.74) is 1.43. The Kier molecular flexibility index (Phi) is 7.09. The maximum atomic E-state index is 13.0. The monoisotopic (exact) mass is 531 g/mol. The zero-order valence-corrected chi connectivity index (χ0v) is 20.3. The molecule has 2 aromatic carbocycles. The molecule has 3 N–H and O–H groups in total. The second-order valence-corrected chi connectivity index (χ2v) is 9.33. The number of rotatable bonds is 7. The smallest absolute Gasteiger partial charge is 0.319 e. The van der Waals surface area contributed by atoms with Gasteiger partial charge in [0.1, 0.15) is 11.0 Å². The van der Waals surface area contributed by atoms with E-state index in [1.54, 1.807) is 12.1 Å². The van der Waals surface area contributed by atoms with Gasteiger partial charge in [0.25, 0.3) is 0 Å². The van der Waals surface area contributed by atoms with Crippen LogP contribution in [0.15, 0.2) is 46.9 Å². The third-order valence-corrected chi connectivity index (χ3v) is 6.58. The standard InChI is InChI=1S/C22H22BrN5O4S/c1-3-12(2)18(25-21(30)24-15-7-5-14(23)6-8-15)19(29)26-22-28-27-20(33-22)13-4-9-16-17(10-13)32-11-31-16/h4-10,12,18H,3,11H2,1-2H3,(H2,24,25,30)(H,26,28,29)/t12-,18+/m0/s1. The van der Waals surface area contributed by atoms with Gasteiger partial charge < -0.3 is 20.1 Å². The van der Waals surface area contributed by atoms with Crippen LogP contribution in [-0.2, 0) is 4.79 Å². The average molecular weight is 532 g/mol. The molecule has 0 spiro atoms. The van der Waals surface area contributed by atoms with E-state index >= 15 is 0 Å². The molecule has 0 radical (unpaired) electrons. The Labute approximate surface area is 203 Å². The van der Waals surface area contributed by atoms with Gasteiger partial charge in [0.05, 0.1) is 0 Å². The highest BCUT2D eigenvalue weighted by Crippen LogP contribution is 2.37. The molecule has 33 heavy (non-hydrogen) atoms.